The van der Waals surface area contributed by atoms with Crippen molar-refractivity contribution in [3.63, 3.8) is 0 Å². The molecule has 194 valence electrons. The number of allylic oxidation sites excluding steroid dienone is 1. The van der Waals surface area contributed by atoms with Gasteiger partial charge in [0.05, 0.1) is 29.0 Å². The van der Waals surface area contributed by atoms with E-state index in [9.17, 15) is 4.79 Å². The van der Waals surface area contributed by atoms with Crippen LogP contribution in [-0.2, 0) is 4.79 Å². The number of anilines is 1. The molecule has 0 radical (unpaired) electrons. The molecule has 7 rings (SSSR count). The Morgan fingerprint density at radius 2 is 2.08 bits per heavy atom. The summed E-state index contributed by atoms with van der Waals surface area (Å²) in [4.78, 5) is 32.6. The van der Waals surface area contributed by atoms with Crippen molar-refractivity contribution in [1.82, 2.24) is 24.4 Å². The standard InChI is InChI=1S/C30H28N8O/c1-3-23-25(20-11-19-6-4-5-7-21(19)34-14-20)26-27(31)35-16-36-29(26)38(23)24-10-18-8-9-30(24,12-18)37-15-22(28(32)39)33-13-17(37)2/h1,4-7,11,13-14,16,18,24H,8-10,12,15H2,2H3,(H2,32,39)(H2,31,35,36). The van der Waals surface area contributed by atoms with Crippen molar-refractivity contribution in [3.05, 3.63) is 60.4 Å². The first-order valence-corrected chi connectivity index (χ1v) is 13.2. The second kappa shape index (κ2) is 8.40. The molecule has 1 amide bonds. The van der Waals surface area contributed by atoms with Crippen LogP contribution in [0.25, 0.3) is 33.1 Å². The summed E-state index contributed by atoms with van der Waals surface area (Å²) in [7, 11) is 0. The predicted octanol–water partition coefficient (Wildman–Crippen LogP) is 3.80. The SMILES string of the molecule is C#Cc1c(-c2cnc3ccccc3c2)c2c(N)ncnc2n1C1CC2CCC1(N1CC(C(N)=O)=NC=C1C)C2. The summed E-state index contributed by atoms with van der Waals surface area (Å²) in [6.07, 6.45) is 15.4. The van der Waals surface area contributed by atoms with E-state index < -0.39 is 5.91 Å². The summed E-state index contributed by atoms with van der Waals surface area (Å²) in [5, 5.41) is 1.75. The van der Waals surface area contributed by atoms with Crippen LogP contribution in [0.3, 0.4) is 0 Å². The number of hydrogen-bond acceptors (Lipinski definition) is 7. The van der Waals surface area contributed by atoms with Crippen molar-refractivity contribution >= 4 is 39.4 Å². The van der Waals surface area contributed by atoms with Crippen LogP contribution in [0.1, 0.15) is 44.3 Å². The second-order valence-electron chi connectivity index (χ2n) is 10.9. The molecule has 1 aromatic carbocycles. The molecular weight excluding hydrogens is 488 g/mol. The van der Waals surface area contributed by atoms with Gasteiger partial charge < -0.3 is 20.9 Å². The van der Waals surface area contributed by atoms with E-state index in [1.165, 1.54) is 6.33 Å². The van der Waals surface area contributed by atoms with Gasteiger partial charge in [0.25, 0.3) is 5.91 Å². The lowest BCUT2D eigenvalue weighted by molar-refractivity contribution is -0.112. The summed E-state index contributed by atoms with van der Waals surface area (Å²) < 4.78 is 2.21. The number of nitrogens with zero attached hydrogens (tertiary/aromatic N) is 6. The number of amides is 1. The number of primary amides is 1. The van der Waals surface area contributed by atoms with E-state index in [-0.39, 0.29) is 11.6 Å². The number of carbonyl (C=O) groups excluding carboxylic acids is 1. The molecule has 9 heteroatoms. The van der Waals surface area contributed by atoms with Crippen LogP contribution in [0.2, 0.25) is 0 Å². The summed E-state index contributed by atoms with van der Waals surface area (Å²) in [5.41, 5.74) is 17.4. The normalized spacial score (nSPS) is 24.2. The van der Waals surface area contributed by atoms with Crippen LogP contribution in [0, 0.1) is 18.3 Å². The highest BCUT2D eigenvalue weighted by Crippen LogP contribution is 2.59. The van der Waals surface area contributed by atoms with Crippen molar-refractivity contribution in [2.75, 3.05) is 12.3 Å². The molecule has 3 aliphatic rings. The molecule has 4 aromatic rings. The maximum Gasteiger partial charge on any atom is 0.264 e. The van der Waals surface area contributed by atoms with Crippen LogP contribution in [0.4, 0.5) is 5.82 Å². The van der Waals surface area contributed by atoms with Gasteiger partial charge in [0.1, 0.15) is 29.2 Å². The molecule has 0 saturated heterocycles. The fraction of sp³-hybridized carbons (Fsp3) is 0.300. The van der Waals surface area contributed by atoms with E-state index in [4.69, 9.17) is 27.9 Å². The van der Waals surface area contributed by atoms with Gasteiger partial charge in [0.15, 0.2) is 0 Å². The molecule has 2 aliphatic carbocycles. The molecule has 4 N–H and O–H groups in total. The molecule has 2 saturated carbocycles. The zero-order valence-electron chi connectivity index (χ0n) is 21.6. The van der Waals surface area contributed by atoms with Gasteiger partial charge in [0.2, 0.25) is 0 Å². The monoisotopic (exact) mass is 516 g/mol. The van der Waals surface area contributed by atoms with Crippen molar-refractivity contribution in [3.8, 4) is 23.5 Å². The van der Waals surface area contributed by atoms with Crippen LogP contribution in [0.5, 0.6) is 0 Å². The average Bonchev–Trinajstić information content (AvgIpc) is 3.63. The molecule has 9 nitrogen and oxygen atoms in total. The molecule has 1 aliphatic heterocycles. The highest BCUT2D eigenvalue weighted by atomic mass is 16.1. The Bertz CT molecular complexity index is 1790. The van der Waals surface area contributed by atoms with Gasteiger partial charge >= 0.3 is 0 Å². The number of para-hydroxylation sites is 1. The minimum atomic E-state index is -0.494. The maximum atomic E-state index is 12.1. The molecule has 3 unspecified atom stereocenters. The number of nitrogen functional groups attached to an aromatic ring is 1. The summed E-state index contributed by atoms with van der Waals surface area (Å²) in [6, 6.07) is 10.1. The lowest BCUT2D eigenvalue weighted by Gasteiger charge is -2.48. The van der Waals surface area contributed by atoms with E-state index in [2.05, 4.69) is 31.4 Å². The maximum absolute atomic E-state index is 12.1. The predicted molar refractivity (Wildman–Crippen MR) is 151 cm³/mol. The van der Waals surface area contributed by atoms with Gasteiger partial charge in [0, 0.05) is 34.6 Å². The average molecular weight is 517 g/mol. The van der Waals surface area contributed by atoms with Crippen molar-refractivity contribution in [2.45, 2.75) is 44.2 Å². The largest absolute Gasteiger partial charge is 0.383 e. The summed E-state index contributed by atoms with van der Waals surface area (Å²) in [5.74, 6) is 3.43. The first-order valence-electron chi connectivity index (χ1n) is 13.2. The summed E-state index contributed by atoms with van der Waals surface area (Å²) in [6.45, 7) is 2.42. The quantitative estimate of drug-likeness (QED) is 0.397. The zero-order chi connectivity index (χ0) is 26.9. The number of terminal acetylenes is 1. The van der Waals surface area contributed by atoms with Crippen LogP contribution in [0.15, 0.2) is 59.7 Å². The number of nitrogens with two attached hydrogens (primary N) is 2. The van der Waals surface area contributed by atoms with E-state index in [1.807, 2.05) is 37.4 Å². The summed E-state index contributed by atoms with van der Waals surface area (Å²) >= 11 is 0. The number of aliphatic imine (C=N–C) groups is 1. The molecule has 2 bridgehead atoms. The zero-order valence-corrected chi connectivity index (χ0v) is 21.6. The molecule has 3 aromatic heterocycles. The highest BCUT2D eigenvalue weighted by Gasteiger charge is 2.57. The second-order valence-corrected chi connectivity index (χ2v) is 10.9. The Morgan fingerprint density at radius 3 is 2.87 bits per heavy atom. The van der Waals surface area contributed by atoms with E-state index in [0.717, 1.165) is 64.4 Å². The lowest BCUT2D eigenvalue weighted by Crippen LogP contribution is -2.54. The van der Waals surface area contributed by atoms with Gasteiger partial charge in [-0.3, -0.25) is 14.8 Å². The van der Waals surface area contributed by atoms with Gasteiger partial charge in [-0.05, 0) is 50.7 Å². The van der Waals surface area contributed by atoms with E-state index >= 15 is 0 Å². The Labute approximate surface area is 225 Å². The Morgan fingerprint density at radius 1 is 1.23 bits per heavy atom. The van der Waals surface area contributed by atoms with E-state index in [0.29, 0.717) is 29.7 Å². The van der Waals surface area contributed by atoms with E-state index in [1.54, 1.807) is 6.20 Å². The third-order valence-corrected chi connectivity index (χ3v) is 8.91. The number of carbonyl (C=O) groups is 1. The third-order valence-electron chi connectivity index (χ3n) is 8.91. The number of rotatable bonds is 4. The van der Waals surface area contributed by atoms with Gasteiger partial charge in [-0.15, -0.1) is 6.42 Å². The third kappa shape index (κ3) is 3.31. The van der Waals surface area contributed by atoms with Gasteiger partial charge in [-0.2, -0.15) is 0 Å². The highest BCUT2D eigenvalue weighted by molar-refractivity contribution is 6.39. The Hall–Kier alpha value is -4.71. The van der Waals surface area contributed by atoms with Crippen LogP contribution >= 0.6 is 0 Å². The smallest absolute Gasteiger partial charge is 0.264 e. The lowest BCUT2D eigenvalue weighted by atomic mass is 9.85. The van der Waals surface area contributed by atoms with Crippen molar-refractivity contribution < 1.29 is 4.79 Å². The first kappa shape index (κ1) is 23.4. The van der Waals surface area contributed by atoms with Gasteiger partial charge in [-0.25, -0.2) is 9.97 Å². The molecule has 2 fully saturated rings. The number of aromatic nitrogens is 4. The molecule has 3 atom stereocenters. The van der Waals surface area contributed by atoms with Gasteiger partial charge in [-0.1, -0.05) is 24.1 Å². The number of hydrogen-bond donors (Lipinski definition) is 2. The molecule has 39 heavy (non-hydrogen) atoms. The fourth-order valence-corrected chi connectivity index (χ4v) is 7.26. The minimum Gasteiger partial charge on any atom is -0.383 e. The van der Waals surface area contributed by atoms with Crippen LogP contribution < -0.4 is 11.5 Å². The number of pyridine rings is 1. The Kier molecular flexibility index (Phi) is 5.04. The van der Waals surface area contributed by atoms with Crippen molar-refractivity contribution in [1.29, 1.82) is 0 Å². The molecule has 4 heterocycles. The molecular formula is C30H28N8O. The topological polar surface area (TPSA) is 128 Å². The number of fused-ring (bicyclic) bond motifs is 4. The van der Waals surface area contributed by atoms with Crippen molar-refractivity contribution in [2.24, 2.45) is 16.6 Å². The fourth-order valence-electron chi connectivity index (χ4n) is 7.26. The van der Waals surface area contributed by atoms with Crippen LogP contribution in [-0.4, -0.2) is 48.1 Å². The Balaban J connectivity index is 1.46. The number of benzene rings is 1. The first-order chi connectivity index (χ1) is 18.9. The molecule has 0 spiro atoms. The minimum absolute atomic E-state index is 0.0110.